The van der Waals surface area contributed by atoms with Crippen molar-refractivity contribution in [2.45, 2.75) is 20.4 Å². The van der Waals surface area contributed by atoms with E-state index < -0.39 is 17.7 Å². The van der Waals surface area contributed by atoms with Crippen molar-refractivity contribution >= 4 is 17.8 Å². The van der Waals surface area contributed by atoms with Gasteiger partial charge in [0.15, 0.2) is 0 Å². The Morgan fingerprint density at radius 2 is 1.59 bits per heavy atom. The van der Waals surface area contributed by atoms with Crippen LogP contribution in [0.3, 0.4) is 0 Å². The smallest absolute Gasteiger partial charge is 0.335 e. The third-order valence-electron chi connectivity index (χ3n) is 4.17. The number of nitrogens with zero attached hydrogens (tertiary/aromatic N) is 1. The van der Waals surface area contributed by atoms with E-state index in [4.69, 9.17) is 5.11 Å². The number of hydrogen-bond donors (Lipinski definition) is 2. The maximum Gasteiger partial charge on any atom is 0.335 e. The lowest BCUT2D eigenvalue weighted by Crippen LogP contribution is -2.30. The number of rotatable bonds is 7. The number of carboxylic acid groups (broad SMARTS) is 1. The molecule has 0 heterocycles. The molecule has 0 aromatic heterocycles. The average molecular weight is 372 g/mol. The van der Waals surface area contributed by atoms with Gasteiger partial charge in [-0.3, -0.25) is 9.59 Å². The van der Waals surface area contributed by atoms with E-state index in [0.29, 0.717) is 18.7 Å². The number of carboxylic acids is 1. The van der Waals surface area contributed by atoms with Crippen LogP contribution in [0.5, 0.6) is 0 Å². The third kappa shape index (κ3) is 4.91. The summed E-state index contributed by atoms with van der Waals surface area (Å²) in [6.45, 7) is 5.22. The highest BCUT2D eigenvalue weighted by Gasteiger charge is 2.15. The van der Waals surface area contributed by atoms with Crippen LogP contribution in [0.2, 0.25) is 0 Å². The summed E-state index contributed by atoms with van der Waals surface area (Å²) < 4.78 is 13.9. The molecule has 2 rings (SSSR count). The van der Waals surface area contributed by atoms with Gasteiger partial charge in [-0.25, -0.2) is 9.18 Å². The number of carbonyl (C=O) groups excluding carboxylic acids is 2. The molecule has 27 heavy (non-hydrogen) atoms. The van der Waals surface area contributed by atoms with Gasteiger partial charge in [0.2, 0.25) is 0 Å². The number of hydrogen-bond acceptors (Lipinski definition) is 3. The molecular weight excluding hydrogens is 351 g/mol. The number of benzene rings is 2. The van der Waals surface area contributed by atoms with Crippen molar-refractivity contribution in [2.75, 3.05) is 13.1 Å². The molecule has 7 heteroatoms. The van der Waals surface area contributed by atoms with Crippen LogP contribution < -0.4 is 5.32 Å². The van der Waals surface area contributed by atoms with E-state index in [0.717, 1.165) is 17.7 Å². The lowest BCUT2D eigenvalue weighted by Gasteiger charge is -2.18. The summed E-state index contributed by atoms with van der Waals surface area (Å²) in [5, 5.41) is 11.4. The molecule has 0 aliphatic heterocycles. The fourth-order valence-corrected chi connectivity index (χ4v) is 2.57. The summed E-state index contributed by atoms with van der Waals surface area (Å²) >= 11 is 0. The van der Waals surface area contributed by atoms with Crippen LogP contribution in [0.4, 0.5) is 4.39 Å². The maximum absolute atomic E-state index is 13.9. The Morgan fingerprint density at radius 1 is 1.00 bits per heavy atom. The first-order valence-corrected chi connectivity index (χ1v) is 8.56. The highest BCUT2D eigenvalue weighted by molar-refractivity contribution is 5.96. The molecule has 2 amide bonds. The van der Waals surface area contributed by atoms with Crippen molar-refractivity contribution in [3.05, 3.63) is 70.5 Å². The van der Waals surface area contributed by atoms with Crippen molar-refractivity contribution in [2.24, 2.45) is 0 Å². The molecule has 0 unspecified atom stereocenters. The summed E-state index contributed by atoms with van der Waals surface area (Å²) in [5.74, 6) is -2.86. The van der Waals surface area contributed by atoms with Gasteiger partial charge in [-0.05, 0) is 49.7 Å². The Balaban J connectivity index is 2.01. The summed E-state index contributed by atoms with van der Waals surface area (Å²) in [7, 11) is 0. The van der Waals surface area contributed by atoms with Crippen molar-refractivity contribution in [1.29, 1.82) is 0 Å². The SMILES string of the molecule is CCN(CC)C(=O)c1ccc(CNC(=O)c2ccc(C(=O)O)cc2F)cc1. The Labute approximate surface area is 156 Å². The van der Waals surface area contributed by atoms with Crippen LogP contribution in [-0.4, -0.2) is 40.9 Å². The molecule has 0 saturated heterocycles. The normalized spacial score (nSPS) is 10.3. The van der Waals surface area contributed by atoms with Gasteiger partial charge in [-0.1, -0.05) is 12.1 Å². The fourth-order valence-electron chi connectivity index (χ4n) is 2.57. The van der Waals surface area contributed by atoms with Gasteiger partial charge in [-0.2, -0.15) is 0 Å². The van der Waals surface area contributed by atoms with Crippen LogP contribution in [0.15, 0.2) is 42.5 Å². The molecule has 6 nitrogen and oxygen atoms in total. The van der Waals surface area contributed by atoms with E-state index >= 15 is 0 Å². The molecule has 142 valence electrons. The zero-order valence-corrected chi connectivity index (χ0v) is 15.2. The predicted molar refractivity (Wildman–Crippen MR) is 98.2 cm³/mol. The van der Waals surface area contributed by atoms with Crippen LogP contribution in [0, 0.1) is 5.82 Å². The average Bonchev–Trinajstić information content (AvgIpc) is 2.67. The standard InChI is InChI=1S/C20H21FN2O4/c1-3-23(4-2)19(25)14-7-5-13(6-8-14)12-22-18(24)16-10-9-15(20(26)27)11-17(16)21/h5-11H,3-4,12H2,1-2H3,(H,22,24)(H,26,27). The molecule has 0 spiro atoms. The molecule has 0 aliphatic carbocycles. The first-order chi connectivity index (χ1) is 12.9. The second-order valence-corrected chi connectivity index (χ2v) is 5.86. The van der Waals surface area contributed by atoms with Gasteiger partial charge >= 0.3 is 5.97 Å². The quantitative estimate of drug-likeness (QED) is 0.782. The monoisotopic (exact) mass is 372 g/mol. The number of carbonyl (C=O) groups is 3. The molecule has 0 atom stereocenters. The van der Waals surface area contributed by atoms with E-state index in [2.05, 4.69) is 5.32 Å². The lowest BCUT2D eigenvalue weighted by atomic mass is 10.1. The van der Waals surface area contributed by atoms with Gasteiger partial charge in [0.25, 0.3) is 11.8 Å². The van der Waals surface area contributed by atoms with Crippen molar-refractivity contribution < 1.29 is 23.9 Å². The van der Waals surface area contributed by atoms with E-state index in [1.165, 1.54) is 6.07 Å². The van der Waals surface area contributed by atoms with Crippen molar-refractivity contribution in [3.63, 3.8) is 0 Å². The zero-order valence-electron chi connectivity index (χ0n) is 15.2. The second-order valence-electron chi connectivity index (χ2n) is 5.86. The molecule has 2 aromatic carbocycles. The minimum absolute atomic E-state index is 0.0591. The Hall–Kier alpha value is -3.22. The number of halogens is 1. The molecule has 0 radical (unpaired) electrons. The molecule has 0 aliphatic rings. The minimum atomic E-state index is -1.26. The van der Waals surface area contributed by atoms with Gasteiger partial charge in [0.1, 0.15) is 5.82 Å². The number of nitrogens with one attached hydrogen (secondary N) is 1. The first kappa shape index (κ1) is 20.1. The molecule has 2 N–H and O–H groups in total. The topological polar surface area (TPSA) is 86.7 Å². The Kier molecular flexibility index (Phi) is 6.65. The summed E-state index contributed by atoms with van der Waals surface area (Å²) in [4.78, 5) is 36.9. The third-order valence-corrected chi connectivity index (χ3v) is 4.17. The Bertz CT molecular complexity index is 846. The summed E-state index contributed by atoms with van der Waals surface area (Å²) in [6.07, 6.45) is 0. The highest BCUT2D eigenvalue weighted by atomic mass is 19.1. The van der Waals surface area contributed by atoms with Crippen molar-refractivity contribution in [3.8, 4) is 0 Å². The minimum Gasteiger partial charge on any atom is -0.478 e. The van der Waals surface area contributed by atoms with Gasteiger partial charge in [-0.15, -0.1) is 0 Å². The van der Waals surface area contributed by atoms with Crippen LogP contribution in [0.1, 0.15) is 50.5 Å². The van der Waals surface area contributed by atoms with E-state index in [9.17, 15) is 18.8 Å². The second kappa shape index (κ2) is 8.93. The molecule has 2 aromatic rings. The largest absolute Gasteiger partial charge is 0.478 e. The van der Waals surface area contributed by atoms with Gasteiger partial charge < -0.3 is 15.3 Å². The fraction of sp³-hybridized carbons (Fsp3) is 0.250. The predicted octanol–water partition coefficient (Wildman–Crippen LogP) is 2.94. The maximum atomic E-state index is 13.9. The molecular formula is C20H21FN2O4. The van der Waals surface area contributed by atoms with E-state index in [-0.39, 0.29) is 23.6 Å². The van der Waals surface area contributed by atoms with Gasteiger partial charge in [0.05, 0.1) is 11.1 Å². The van der Waals surface area contributed by atoms with Crippen molar-refractivity contribution in [1.82, 2.24) is 10.2 Å². The van der Waals surface area contributed by atoms with Crippen LogP contribution in [-0.2, 0) is 6.54 Å². The number of aromatic carboxylic acids is 1. The summed E-state index contributed by atoms with van der Waals surface area (Å²) in [6, 6.07) is 9.94. The number of amides is 2. The Morgan fingerprint density at radius 3 is 2.11 bits per heavy atom. The van der Waals surface area contributed by atoms with E-state index in [1.54, 1.807) is 29.2 Å². The van der Waals surface area contributed by atoms with Crippen LogP contribution >= 0.6 is 0 Å². The zero-order chi connectivity index (χ0) is 20.0. The lowest BCUT2D eigenvalue weighted by molar-refractivity contribution is 0.0694. The highest BCUT2D eigenvalue weighted by Crippen LogP contribution is 2.12. The van der Waals surface area contributed by atoms with Gasteiger partial charge in [0, 0.05) is 25.2 Å². The molecule has 0 fully saturated rings. The molecule has 0 bridgehead atoms. The first-order valence-electron chi connectivity index (χ1n) is 8.56. The summed E-state index contributed by atoms with van der Waals surface area (Å²) in [5.41, 5.74) is 0.858. The van der Waals surface area contributed by atoms with E-state index in [1.807, 2.05) is 13.8 Å². The van der Waals surface area contributed by atoms with Crippen LogP contribution in [0.25, 0.3) is 0 Å². The molecule has 0 saturated carbocycles.